The molecule has 0 bridgehead atoms. The Hall–Kier alpha value is -2.18. The van der Waals surface area contributed by atoms with Gasteiger partial charge < -0.3 is 10.6 Å². The maximum absolute atomic E-state index is 12.1. The summed E-state index contributed by atoms with van der Waals surface area (Å²) >= 11 is 1.65. The number of rotatable bonds is 9. The van der Waals surface area contributed by atoms with Crippen molar-refractivity contribution in [3.63, 3.8) is 0 Å². The molecule has 6 heteroatoms. The fraction of sp³-hybridized carbons (Fsp3) is 0.400. The van der Waals surface area contributed by atoms with Crippen molar-refractivity contribution in [2.75, 3.05) is 13.1 Å². The number of amides is 2. The number of hydrogen-bond acceptors (Lipinski definition) is 4. The Morgan fingerprint density at radius 1 is 1.04 bits per heavy atom. The lowest BCUT2D eigenvalue weighted by Crippen LogP contribution is -2.43. The van der Waals surface area contributed by atoms with Crippen molar-refractivity contribution >= 4 is 23.2 Å². The molecule has 1 atom stereocenters. The Morgan fingerprint density at radius 3 is 2.35 bits per heavy atom. The van der Waals surface area contributed by atoms with Gasteiger partial charge in [-0.3, -0.25) is 14.9 Å². The number of hydrogen-bond donors (Lipinski definition) is 3. The molecule has 1 aromatic carbocycles. The fourth-order valence-electron chi connectivity index (χ4n) is 2.59. The summed E-state index contributed by atoms with van der Waals surface area (Å²) in [4.78, 5) is 24.9. The second kappa shape index (κ2) is 10.1. The molecule has 2 rings (SSSR count). The van der Waals surface area contributed by atoms with Crippen molar-refractivity contribution < 1.29 is 9.59 Å². The maximum Gasteiger partial charge on any atom is 0.239 e. The van der Waals surface area contributed by atoms with Gasteiger partial charge in [-0.25, -0.2) is 0 Å². The highest BCUT2D eigenvalue weighted by Gasteiger charge is 2.16. The summed E-state index contributed by atoms with van der Waals surface area (Å²) in [6, 6.07) is 12.5. The molecule has 0 saturated carbocycles. The second-order valence-electron chi connectivity index (χ2n) is 6.42. The summed E-state index contributed by atoms with van der Waals surface area (Å²) in [5, 5.41) is 10.7. The molecule has 0 radical (unpaired) electrons. The van der Waals surface area contributed by atoms with E-state index in [2.05, 4.69) is 53.2 Å². The first-order valence-corrected chi connectivity index (χ1v) is 9.79. The Kier molecular flexibility index (Phi) is 7.81. The molecule has 0 aliphatic rings. The van der Waals surface area contributed by atoms with E-state index < -0.39 is 0 Å². The van der Waals surface area contributed by atoms with Gasteiger partial charge in [-0.2, -0.15) is 0 Å². The Morgan fingerprint density at radius 2 is 1.77 bits per heavy atom. The minimum absolute atomic E-state index is 0.00639. The van der Waals surface area contributed by atoms with Crippen LogP contribution in [0.4, 0.5) is 0 Å². The maximum atomic E-state index is 12.1. The molecule has 0 aliphatic heterocycles. The molecule has 26 heavy (non-hydrogen) atoms. The van der Waals surface area contributed by atoms with E-state index in [1.54, 1.807) is 11.3 Å². The zero-order valence-corrected chi connectivity index (χ0v) is 16.4. The fourth-order valence-corrected chi connectivity index (χ4v) is 3.42. The second-order valence-corrected chi connectivity index (χ2v) is 7.40. The average Bonchev–Trinajstić information content (AvgIpc) is 3.14. The summed E-state index contributed by atoms with van der Waals surface area (Å²) < 4.78 is 0. The van der Waals surface area contributed by atoms with E-state index in [0.717, 1.165) is 16.9 Å². The van der Waals surface area contributed by atoms with E-state index in [1.807, 2.05) is 25.3 Å². The van der Waals surface area contributed by atoms with Gasteiger partial charge in [0.15, 0.2) is 0 Å². The van der Waals surface area contributed by atoms with Crippen LogP contribution in [-0.2, 0) is 16.0 Å². The molecular weight excluding hydrogens is 346 g/mol. The van der Waals surface area contributed by atoms with E-state index in [0.29, 0.717) is 0 Å². The van der Waals surface area contributed by atoms with Crippen molar-refractivity contribution in [3.8, 4) is 0 Å². The van der Waals surface area contributed by atoms with Crippen LogP contribution in [0.25, 0.3) is 0 Å². The molecular formula is C20H27N3O2S. The van der Waals surface area contributed by atoms with Crippen LogP contribution in [0.1, 0.15) is 42.8 Å². The Bertz CT molecular complexity index is 696. The molecule has 0 spiro atoms. The third-order valence-electron chi connectivity index (χ3n) is 3.91. The summed E-state index contributed by atoms with van der Waals surface area (Å²) in [7, 11) is 0. The summed E-state index contributed by atoms with van der Waals surface area (Å²) in [6.07, 6.45) is 0.998. The molecule has 140 valence electrons. The van der Waals surface area contributed by atoms with Gasteiger partial charge in [-0.15, -0.1) is 11.3 Å². The predicted octanol–water partition coefficient (Wildman–Crippen LogP) is 2.63. The normalized spacial score (nSPS) is 12.0. The highest BCUT2D eigenvalue weighted by molar-refractivity contribution is 7.10. The lowest BCUT2D eigenvalue weighted by molar-refractivity contribution is -0.125. The van der Waals surface area contributed by atoms with E-state index in [4.69, 9.17) is 0 Å². The van der Waals surface area contributed by atoms with Crippen LogP contribution in [0.2, 0.25) is 0 Å². The Labute approximate surface area is 159 Å². The number of aryl methyl sites for hydroxylation is 1. The monoisotopic (exact) mass is 373 g/mol. The van der Waals surface area contributed by atoms with Gasteiger partial charge in [-0.05, 0) is 42.8 Å². The van der Waals surface area contributed by atoms with E-state index in [-0.39, 0.29) is 37.0 Å². The van der Waals surface area contributed by atoms with Gasteiger partial charge in [0.2, 0.25) is 11.8 Å². The van der Waals surface area contributed by atoms with Crippen molar-refractivity contribution in [3.05, 3.63) is 57.8 Å². The first-order chi connectivity index (χ1) is 12.5. The minimum atomic E-state index is -0.198. The summed E-state index contributed by atoms with van der Waals surface area (Å²) in [5.41, 5.74) is 2.41. The number of thiophene rings is 1. The molecule has 1 heterocycles. The SMILES string of the molecule is CCc1ccc([C@@H](NCC(=O)NCC(=O)NC(C)C)c2cccs2)cc1. The standard InChI is InChI=1S/C20H27N3O2S/c1-4-15-7-9-16(10-8-15)20(17-6-5-11-26-17)22-12-18(24)21-13-19(25)23-14(2)3/h5-11,14,20,22H,4,12-13H2,1-3H3,(H,21,24)(H,23,25)/t20-/m1/s1. The molecule has 0 fully saturated rings. The predicted molar refractivity (Wildman–Crippen MR) is 106 cm³/mol. The third-order valence-corrected chi connectivity index (χ3v) is 4.85. The number of benzene rings is 1. The summed E-state index contributed by atoms with van der Waals surface area (Å²) in [5.74, 6) is -0.381. The van der Waals surface area contributed by atoms with Crippen molar-refractivity contribution in [2.45, 2.75) is 39.3 Å². The van der Waals surface area contributed by atoms with Gasteiger partial charge in [0.25, 0.3) is 0 Å². The van der Waals surface area contributed by atoms with Crippen molar-refractivity contribution in [1.29, 1.82) is 0 Å². The molecule has 1 aromatic heterocycles. The van der Waals surface area contributed by atoms with E-state index >= 15 is 0 Å². The molecule has 3 N–H and O–H groups in total. The van der Waals surface area contributed by atoms with Crippen LogP contribution in [0.3, 0.4) is 0 Å². The number of carbonyl (C=O) groups is 2. The van der Waals surface area contributed by atoms with Crippen LogP contribution >= 0.6 is 11.3 Å². The zero-order chi connectivity index (χ0) is 18.9. The van der Waals surface area contributed by atoms with Crippen LogP contribution in [0, 0.1) is 0 Å². The number of carbonyl (C=O) groups excluding carboxylic acids is 2. The number of nitrogens with one attached hydrogen (secondary N) is 3. The smallest absolute Gasteiger partial charge is 0.239 e. The topological polar surface area (TPSA) is 70.2 Å². The van der Waals surface area contributed by atoms with Gasteiger partial charge in [0.05, 0.1) is 19.1 Å². The van der Waals surface area contributed by atoms with Crippen molar-refractivity contribution in [1.82, 2.24) is 16.0 Å². The minimum Gasteiger partial charge on any atom is -0.352 e. The summed E-state index contributed by atoms with van der Waals surface area (Å²) in [6.45, 7) is 6.04. The van der Waals surface area contributed by atoms with Gasteiger partial charge in [0, 0.05) is 10.9 Å². The zero-order valence-electron chi connectivity index (χ0n) is 15.5. The van der Waals surface area contributed by atoms with Gasteiger partial charge in [-0.1, -0.05) is 37.3 Å². The van der Waals surface area contributed by atoms with Gasteiger partial charge >= 0.3 is 0 Å². The molecule has 2 aromatic rings. The highest BCUT2D eigenvalue weighted by atomic mass is 32.1. The molecule has 5 nitrogen and oxygen atoms in total. The largest absolute Gasteiger partial charge is 0.352 e. The van der Waals surface area contributed by atoms with E-state index in [1.165, 1.54) is 5.56 Å². The molecule has 2 amide bonds. The quantitative estimate of drug-likeness (QED) is 0.633. The first kappa shape index (κ1) is 20.1. The average molecular weight is 374 g/mol. The molecule has 0 saturated heterocycles. The van der Waals surface area contributed by atoms with Crippen molar-refractivity contribution in [2.24, 2.45) is 0 Å². The van der Waals surface area contributed by atoms with Crippen LogP contribution in [0.15, 0.2) is 41.8 Å². The first-order valence-electron chi connectivity index (χ1n) is 8.91. The highest BCUT2D eigenvalue weighted by Crippen LogP contribution is 2.26. The lowest BCUT2D eigenvalue weighted by Gasteiger charge is -2.18. The lowest BCUT2D eigenvalue weighted by atomic mass is 10.0. The third kappa shape index (κ3) is 6.28. The van der Waals surface area contributed by atoms with Gasteiger partial charge in [0.1, 0.15) is 0 Å². The molecule has 0 unspecified atom stereocenters. The van der Waals surface area contributed by atoms with Crippen LogP contribution in [0.5, 0.6) is 0 Å². The van der Waals surface area contributed by atoms with Crippen LogP contribution in [-0.4, -0.2) is 30.9 Å². The molecule has 0 aliphatic carbocycles. The van der Waals surface area contributed by atoms with Crippen LogP contribution < -0.4 is 16.0 Å². The Balaban J connectivity index is 1.95. The van der Waals surface area contributed by atoms with E-state index in [9.17, 15) is 9.59 Å².